The molecule has 12 heteroatoms. The normalized spacial score (nSPS) is 13.7. The summed E-state index contributed by atoms with van der Waals surface area (Å²) in [5.41, 5.74) is 0. The van der Waals surface area contributed by atoms with Crippen LogP contribution >= 0.6 is 7.82 Å². The van der Waals surface area contributed by atoms with Gasteiger partial charge in [0, 0.05) is 19.3 Å². The van der Waals surface area contributed by atoms with Gasteiger partial charge in [0.2, 0.25) is 0 Å². The monoisotopic (exact) mass is 983 g/mol. The third-order valence-corrected chi connectivity index (χ3v) is 13.0. The number of ether oxygens (including phenoxy) is 3. The van der Waals surface area contributed by atoms with Crippen molar-refractivity contribution in [2.45, 2.75) is 277 Å². The summed E-state index contributed by atoms with van der Waals surface area (Å²) in [6.07, 6.45) is 51.0. The van der Waals surface area contributed by atoms with Crippen LogP contribution in [0.4, 0.5) is 0 Å². The van der Waals surface area contributed by atoms with Crippen molar-refractivity contribution in [3.63, 3.8) is 0 Å². The summed E-state index contributed by atoms with van der Waals surface area (Å²) in [5, 5.41) is 9.78. The third-order valence-electron chi connectivity index (χ3n) is 12.0. The maximum atomic E-state index is 12.9. The number of phosphoric ester groups is 1. The Bertz CT molecular complexity index is 1280. The first kappa shape index (κ1) is 65.7. The summed E-state index contributed by atoms with van der Waals surface area (Å²) in [6, 6.07) is 0. The molecule has 68 heavy (non-hydrogen) atoms. The fraction of sp³-hybridized carbons (Fsp3) is 0.839. The van der Waals surface area contributed by atoms with Gasteiger partial charge >= 0.3 is 25.7 Å². The third kappa shape index (κ3) is 48.7. The van der Waals surface area contributed by atoms with E-state index in [0.29, 0.717) is 19.3 Å². The Labute approximate surface area is 416 Å². The van der Waals surface area contributed by atoms with E-state index in [1.54, 1.807) is 0 Å². The zero-order chi connectivity index (χ0) is 49.9. The van der Waals surface area contributed by atoms with Gasteiger partial charge in [-0.1, -0.05) is 211 Å². The van der Waals surface area contributed by atoms with E-state index >= 15 is 0 Å². The van der Waals surface area contributed by atoms with Crippen molar-refractivity contribution >= 4 is 25.7 Å². The molecule has 0 fully saturated rings. The van der Waals surface area contributed by atoms with E-state index in [9.17, 15) is 28.9 Å². The van der Waals surface area contributed by atoms with Crippen molar-refractivity contribution in [3.05, 3.63) is 36.5 Å². The van der Waals surface area contributed by atoms with Crippen LogP contribution in [0, 0.1) is 0 Å². The predicted molar refractivity (Wildman–Crippen MR) is 279 cm³/mol. The molecule has 11 nitrogen and oxygen atoms in total. The van der Waals surface area contributed by atoms with Crippen LogP contribution in [0.3, 0.4) is 0 Å². The highest BCUT2D eigenvalue weighted by Crippen LogP contribution is 2.43. The van der Waals surface area contributed by atoms with Crippen LogP contribution in [0.15, 0.2) is 36.5 Å². The first-order valence-electron chi connectivity index (χ1n) is 27.9. The number of hydrogen-bond acceptors (Lipinski definition) is 10. The molecular formula is C56H103O11P. The molecule has 0 aliphatic heterocycles. The molecule has 0 aliphatic carbocycles. The zero-order valence-corrected chi connectivity index (χ0v) is 44.7. The maximum Gasteiger partial charge on any atom is 0.472 e. The Morgan fingerprint density at radius 2 is 0.750 bits per heavy atom. The molecule has 0 saturated carbocycles. The Morgan fingerprint density at radius 1 is 0.412 bits per heavy atom. The predicted octanol–water partition coefficient (Wildman–Crippen LogP) is 16.0. The second-order valence-corrected chi connectivity index (χ2v) is 20.2. The van der Waals surface area contributed by atoms with E-state index in [0.717, 1.165) is 89.9 Å². The van der Waals surface area contributed by atoms with Gasteiger partial charge in [-0.05, 0) is 70.6 Å². The average molecular weight is 983 g/mol. The van der Waals surface area contributed by atoms with Crippen LogP contribution in [-0.2, 0) is 42.2 Å². The average Bonchev–Trinajstić information content (AvgIpc) is 3.32. The van der Waals surface area contributed by atoms with Crippen LogP contribution in [0.2, 0.25) is 0 Å². The van der Waals surface area contributed by atoms with Crippen molar-refractivity contribution in [3.8, 4) is 0 Å². The maximum absolute atomic E-state index is 12.9. The highest BCUT2D eigenvalue weighted by molar-refractivity contribution is 7.47. The second kappa shape index (κ2) is 51.1. The molecule has 3 unspecified atom stereocenters. The number of aliphatic hydroxyl groups is 1. The van der Waals surface area contributed by atoms with E-state index in [-0.39, 0.29) is 25.9 Å². The smallest absolute Gasteiger partial charge is 0.462 e. The molecule has 0 aromatic rings. The van der Waals surface area contributed by atoms with E-state index in [4.69, 9.17) is 23.3 Å². The molecule has 3 atom stereocenters. The van der Waals surface area contributed by atoms with Crippen LogP contribution in [-0.4, -0.2) is 66.5 Å². The lowest BCUT2D eigenvalue weighted by Gasteiger charge is -2.21. The Kier molecular flexibility index (Phi) is 49.3. The van der Waals surface area contributed by atoms with E-state index in [1.165, 1.54) is 116 Å². The molecule has 0 saturated heterocycles. The van der Waals surface area contributed by atoms with Gasteiger partial charge in [-0.3, -0.25) is 23.4 Å². The summed E-state index contributed by atoms with van der Waals surface area (Å²) < 4.78 is 39.4. The van der Waals surface area contributed by atoms with Crippen LogP contribution in [0.1, 0.15) is 265 Å². The first-order valence-corrected chi connectivity index (χ1v) is 29.4. The fourth-order valence-electron chi connectivity index (χ4n) is 7.74. The van der Waals surface area contributed by atoms with Gasteiger partial charge in [0.05, 0.1) is 19.8 Å². The van der Waals surface area contributed by atoms with Gasteiger partial charge < -0.3 is 24.2 Å². The lowest BCUT2D eigenvalue weighted by Crippen LogP contribution is -2.30. The summed E-state index contributed by atoms with van der Waals surface area (Å²) in [5.74, 6) is -1.47. The SMILES string of the molecule is CCC/C=C\C/C=C\CCCCCCCC(=O)OC(CO)COP(=O)(O)OCC(COC(=O)CCCCCCCCCCCCC)OC(=O)CCCCCCCCC/C=C\CCCCCCCC. The zero-order valence-electron chi connectivity index (χ0n) is 43.8. The molecule has 0 aromatic carbocycles. The van der Waals surface area contributed by atoms with Gasteiger partial charge in [-0.25, -0.2) is 4.57 Å². The molecule has 0 aromatic heterocycles. The number of allylic oxidation sites excluding steroid dienone is 6. The van der Waals surface area contributed by atoms with Crippen molar-refractivity contribution in [1.29, 1.82) is 0 Å². The quantitative estimate of drug-likeness (QED) is 0.0197. The molecular weight excluding hydrogens is 880 g/mol. The molecule has 0 heterocycles. The van der Waals surface area contributed by atoms with E-state index in [1.807, 2.05) is 0 Å². The largest absolute Gasteiger partial charge is 0.472 e. The highest BCUT2D eigenvalue weighted by Gasteiger charge is 2.28. The summed E-state index contributed by atoms with van der Waals surface area (Å²) in [6.45, 7) is 4.57. The fourth-order valence-corrected chi connectivity index (χ4v) is 8.53. The number of aliphatic hydroxyl groups excluding tert-OH is 1. The number of carbonyl (C=O) groups excluding carboxylic acids is 3. The summed E-state index contributed by atoms with van der Waals surface area (Å²) >= 11 is 0. The Morgan fingerprint density at radius 3 is 1.16 bits per heavy atom. The molecule has 2 N–H and O–H groups in total. The molecule has 398 valence electrons. The van der Waals surface area contributed by atoms with Gasteiger partial charge in [-0.15, -0.1) is 0 Å². The van der Waals surface area contributed by atoms with Crippen LogP contribution in [0.25, 0.3) is 0 Å². The molecule has 0 aliphatic rings. The minimum absolute atomic E-state index is 0.163. The first-order chi connectivity index (χ1) is 33.2. The van der Waals surface area contributed by atoms with Crippen molar-refractivity contribution in [1.82, 2.24) is 0 Å². The van der Waals surface area contributed by atoms with Crippen molar-refractivity contribution in [2.24, 2.45) is 0 Å². The summed E-state index contributed by atoms with van der Waals surface area (Å²) in [4.78, 5) is 48.4. The Hall–Kier alpha value is -2.30. The molecule has 0 bridgehead atoms. The van der Waals surface area contributed by atoms with E-state index in [2.05, 4.69) is 57.2 Å². The highest BCUT2D eigenvalue weighted by atomic mass is 31.2. The van der Waals surface area contributed by atoms with E-state index < -0.39 is 57.8 Å². The molecule has 0 rings (SSSR count). The minimum atomic E-state index is -4.74. The number of unbranched alkanes of at least 4 members (excludes halogenated alkanes) is 29. The molecule has 0 amide bonds. The van der Waals surface area contributed by atoms with Crippen LogP contribution < -0.4 is 0 Å². The topological polar surface area (TPSA) is 155 Å². The minimum Gasteiger partial charge on any atom is -0.462 e. The van der Waals surface area contributed by atoms with Gasteiger partial charge in [0.25, 0.3) is 0 Å². The lowest BCUT2D eigenvalue weighted by molar-refractivity contribution is -0.161. The lowest BCUT2D eigenvalue weighted by atomic mass is 10.1. The summed E-state index contributed by atoms with van der Waals surface area (Å²) in [7, 11) is -4.74. The number of hydrogen-bond donors (Lipinski definition) is 2. The second-order valence-electron chi connectivity index (χ2n) is 18.7. The van der Waals surface area contributed by atoms with Crippen LogP contribution in [0.5, 0.6) is 0 Å². The number of phosphoric acid groups is 1. The standard InChI is InChI=1S/C56H103O11P/c1-4-7-10-13-16-19-22-24-25-26-27-29-32-35-38-41-44-47-56(60)67-53(49-63-54(58)45-42-39-36-33-30-21-18-15-12-9-6-3)51-65-68(61,62)64-50-52(48-57)66-55(59)46-43-40-37-34-31-28-23-20-17-14-11-8-5-2/h11,14,20,23-25,52-53,57H,4-10,12-13,15-19,21-22,26-51H2,1-3H3,(H,61,62)/b14-11-,23-20-,25-24-. The van der Waals surface area contributed by atoms with Crippen molar-refractivity contribution < 1.29 is 52.2 Å². The Balaban J connectivity index is 4.70. The van der Waals surface area contributed by atoms with Gasteiger partial charge in [0.1, 0.15) is 12.7 Å². The number of carbonyl (C=O) groups is 3. The van der Waals surface area contributed by atoms with Gasteiger partial charge in [0.15, 0.2) is 6.10 Å². The van der Waals surface area contributed by atoms with Crippen molar-refractivity contribution in [2.75, 3.05) is 26.4 Å². The number of rotatable bonds is 52. The molecule has 0 spiro atoms. The molecule has 0 radical (unpaired) electrons. The van der Waals surface area contributed by atoms with Gasteiger partial charge in [-0.2, -0.15) is 0 Å². The number of esters is 3.